The quantitative estimate of drug-likeness (QED) is 0.658. The predicted octanol–water partition coefficient (Wildman–Crippen LogP) is 4.77. The molecule has 6 heteroatoms. The lowest BCUT2D eigenvalue weighted by Gasteiger charge is -2.14. The van der Waals surface area contributed by atoms with Crippen molar-refractivity contribution in [3.63, 3.8) is 0 Å². The van der Waals surface area contributed by atoms with Crippen LogP contribution in [0.5, 0.6) is 0 Å². The lowest BCUT2D eigenvalue weighted by Crippen LogP contribution is -2.17. The summed E-state index contributed by atoms with van der Waals surface area (Å²) in [5.41, 5.74) is 7.05. The smallest absolute Gasteiger partial charge is 0.274 e. The van der Waals surface area contributed by atoms with Crippen LogP contribution >= 0.6 is 0 Å². The van der Waals surface area contributed by atoms with Crippen LogP contribution in [-0.2, 0) is 0 Å². The van der Waals surface area contributed by atoms with Gasteiger partial charge >= 0.3 is 0 Å². The number of carbonyl (C=O) groups is 1. The maximum Gasteiger partial charge on any atom is 0.274 e. The van der Waals surface area contributed by atoms with Crippen LogP contribution < -0.4 is 15.5 Å². The summed E-state index contributed by atoms with van der Waals surface area (Å²) in [6, 6.07) is 13.7. The van der Waals surface area contributed by atoms with Gasteiger partial charge in [0.05, 0.1) is 0 Å². The van der Waals surface area contributed by atoms with Crippen LogP contribution in [0.2, 0.25) is 0 Å². The molecular weight excluding hydrogens is 362 g/mol. The number of rotatable bonds is 5. The van der Waals surface area contributed by atoms with Crippen LogP contribution in [0.1, 0.15) is 32.9 Å². The van der Waals surface area contributed by atoms with E-state index in [9.17, 15) is 4.79 Å². The van der Waals surface area contributed by atoms with Gasteiger partial charge in [0.2, 0.25) is 5.95 Å². The second-order valence-corrected chi connectivity index (χ2v) is 7.51. The molecular formula is C23H27N5O. The molecule has 3 aromatic rings. The van der Waals surface area contributed by atoms with Crippen molar-refractivity contribution < 1.29 is 4.79 Å². The van der Waals surface area contributed by atoms with E-state index < -0.39 is 0 Å². The molecule has 0 saturated carbocycles. The van der Waals surface area contributed by atoms with Gasteiger partial charge in [0, 0.05) is 36.9 Å². The maximum absolute atomic E-state index is 12.8. The fourth-order valence-electron chi connectivity index (χ4n) is 3.27. The summed E-state index contributed by atoms with van der Waals surface area (Å²) >= 11 is 0. The Labute approximate surface area is 172 Å². The van der Waals surface area contributed by atoms with Crippen molar-refractivity contribution in [2.75, 3.05) is 29.6 Å². The van der Waals surface area contributed by atoms with E-state index in [0.717, 1.165) is 33.9 Å². The molecule has 0 radical (unpaired) electrons. The number of hydrogen-bond donors (Lipinski definition) is 2. The van der Waals surface area contributed by atoms with Gasteiger partial charge in [-0.2, -0.15) is 0 Å². The SMILES string of the molecule is Cc1cc(C)c(NC(=O)c2cc(C)nc(Nc3ccc(N(C)C)cc3)n2)c(C)c1. The number of hydrogen-bond acceptors (Lipinski definition) is 5. The van der Waals surface area contributed by atoms with E-state index in [1.165, 1.54) is 5.56 Å². The lowest BCUT2D eigenvalue weighted by atomic mass is 10.0. The van der Waals surface area contributed by atoms with Gasteiger partial charge < -0.3 is 15.5 Å². The Morgan fingerprint density at radius 2 is 1.52 bits per heavy atom. The molecule has 150 valence electrons. The van der Waals surface area contributed by atoms with Gasteiger partial charge in [-0.3, -0.25) is 4.79 Å². The highest BCUT2D eigenvalue weighted by Crippen LogP contribution is 2.23. The topological polar surface area (TPSA) is 70.2 Å². The summed E-state index contributed by atoms with van der Waals surface area (Å²) < 4.78 is 0. The van der Waals surface area contributed by atoms with Gasteiger partial charge in [-0.15, -0.1) is 0 Å². The lowest BCUT2D eigenvalue weighted by molar-refractivity contribution is 0.102. The summed E-state index contributed by atoms with van der Waals surface area (Å²) in [5, 5.41) is 6.18. The summed E-state index contributed by atoms with van der Waals surface area (Å²) in [5.74, 6) is 0.140. The number of anilines is 4. The Balaban J connectivity index is 1.82. The molecule has 0 unspecified atom stereocenters. The van der Waals surface area contributed by atoms with Gasteiger partial charge in [-0.05, 0) is 69.2 Å². The summed E-state index contributed by atoms with van der Waals surface area (Å²) in [6.07, 6.45) is 0. The summed E-state index contributed by atoms with van der Waals surface area (Å²) in [6.45, 7) is 7.87. The first-order chi connectivity index (χ1) is 13.7. The molecule has 2 aromatic carbocycles. The van der Waals surface area contributed by atoms with Crippen molar-refractivity contribution in [2.24, 2.45) is 0 Å². The molecule has 29 heavy (non-hydrogen) atoms. The zero-order valence-electron chi connectivity index (χ0n) is 17.8. The van der Waals surface area contributed by atoms with Crippen molar-refractivity contribution in [3.05, 3.63) is 70.5 Å². The van der Waals surface area contributed by atoms with Gasteiger partial charge in [-0.25, -0.2) is 9.97 Å². The Morgan fingerprint density at radius 1 is 0.897 bits per heavy atom. The molecule has 1 aromatic heterocycles. The number of carbonyl (C=O) groups excluding carboxylic acids is 1. The van der Waals surface area contributed by atoms with E-state index >= 15 is 0 Å². The highest BCUT2D eigenvalue weighted by Gasteiger charge is 2.14. The third-order valence-corrected chi connectivity index (χ3v) is 4.64. The van der Waals surface area contributed by atoms with E-state index in [0.29, 0.717) is 11.6 Å². The molecule has 0 aliphatic carbocycles. The fraction of sp³-hybridized carbons (Fsp3) is 0.261. The van der Waals surface area contributed by atoms with Crippen molar-refractivity contribution in [2.45, 2.75) is 27.7 Å². The highest BCUT2D eigenvalue weighted by atomic mass is 16.1. The van der Waals surface area contributed by atoms with Crippen LogP contribution in [0.15, 0.2) is 42.5 Å². The minimum absolute atomic E-state index is 0.253. The molecule has 0 aliphatic rings. The Morgan fingerprint density at radius 3 is 2.10 bits per heavy atom. The summed E-state index contributed by atoms with van der Waals surface area (Å²) in [7, 11) is 3.99. The van der Waals surface area contributed by atoms with Gasteiger partial charge in [0.25, 0.3) is 5.91 Å². The second-order valence-electron chi connectivity index (χ2n) is 7.51. The van der Waals surface area contributed by atoms with E-state index in [2.05, 4.69) is 32.7 Å². The first kappa shape index (κ1) is 20.3. The molecule has 0 atom stereocenters. The molecule has 0 aliphatic heterocycles. The Hall–Kier alpha value is -3.41. The first-order valence-electron chi connectivity index (χ1n) is 9.52. The molecule has 0 bridgehead atoms. The van der Waals surface area contributed by atoms with Crippen LogP contribution in [0, 0.1) is 27.7 Å². The van der Waals surface area contributed by atoms with E-state index in [4.69, 9.17) is 0 Å². The normalized spacial score (nSPS) is 10.6. The third kappa shape index (κ3) is 4.90. The molecule has 3 rings (SSSR count). The number of aryl methyl sites for hydroxylation is 4. The molecule has 0 saturated heterocycles. The molecule has 6 nitrogen and oxygen atoms in total. The van der Waals surface area contributed by atoms with Crippen molar-refractivity contribution in [1.82, 2.24) is 9.97 Å². The van der Waals surface area contributed by atoms with Gasteiger partial charge in [0.1, 0.15) is 5.69 Å². The molecule has 1 amide bonds. The van der Waals surface area contributed by atoms with Gasteiger partial charge in [0.15, 0.2) is 0 Å². The van der Waals surface area contributed by atoms with Crippen molar-refractivity contribution in [3.8, 4) is 0 Å². The largest absolute Gasteiger partial charge is 0.378 e. The third-order valence-electron chi connectivity index (χ3n) is 4.64. The highest BCUT2D eigenvalue weighted by molar-refractivity contribution is 6.04. The van der Waals surface area contributed by atoms with E-state index in [-0.39, 0.29) is 5.91 Å². The van der Waals surface area contributed by atoms with Crippen LogP contribution in [-0.4, -0.2) is 30.0 Å². The molecule has 0 fully saturated rings. The molecule has 2 N–H and O–H groups in total. The Kier molecular flexibility index (Phi) is 5.82. The van der Waals surface area contributed by atoms with Crippen LogP contribution in [0.25, 0.3) is 0 Å². The number of aromatic nitrogens is 2. The zero-order valence-corrected chi connectivity index (χ0v) is 17.8. The second kappa shape index (κ2) is 8.31. The van der Waals surface area contributed by atoms with Crippen LogP contribution in [0.4, 0.5) is 23.0 Å². The average molecular weight is 390 g/mol. The number of nitrogens with zero attached hydrogens (tertiary/aromatic N) is 3. The van der Waals surface area contributed by atoms with E-state index in [1.54, 1.807) is 6.07 Å². The number of amides is 1. The Bertz CT molecular complexity index is 1020. The van der Waals surface area contributed by atoms with Gasteiger partial charge in [-0.1, -0.05) is 17.7 Å². The predicted molar refractivity (Wildman–Crippen MR) is 119 cm³/mol. The fourth-order valence-corrected chi connectivity index (χ4v) is 3.27. The molecule has 0 spiro atoms. The first-order valence-corrected chi connectivity index (χ1v) is 9.52. The van der Waals surface area contributed by atoms with E-state index in [1.807, 2.05) is 71.0 Å². The monoisotopic (exact) mass is 389 g/mol. The maximum atomic E-state index is 12.8. The van der Waals surface area contributed by atoms with Crippen molar-refractivity contribution in [1.29, 1.82) is 0 Å². The molecule has 1 heterocycles. The standard InChI is InChI=1S/C23H27N5O/c1-14-11-15(2)21(16(3)12-14)27-22(29)20-13-17(4)24-23(26-20)25-18-7-9-19(10-8-18)28(5)6/h7-13H,1-6H3,(H,27,29)(H,24,25,26). The van der Waals surface area contributed by atoms with Crippen LogP contribution in [0.3, 0.4) is 0 Å². The number of benzene rings is 2. The average Bonchev–Trinajstić information content (AvgIpc) is 2.64. The zero-order chi connectivity index (χ0) is 21.1. The number of nitrogens with one attached hydrogen (secondary N) is 2. The minimum atomic E-state index is -0.253. The van der Waals surface area contributed by atoms with Crippen molar-refractivity contribution >= 4 is 28.9 Å². The summed E-state index contributed by atoms with van der Waals surface area (Å²) in [4.78, 5) is 23.7. The minimum Gasteiger partial charge on any atom is -0.378 e.